The molecular formula is C13H17BrFN3O2. The molecule has 0 spiro atoms. The van der Waals surface area contributed by atoms with Crippen LogP contribution in [0.4, 0.5) is 10.1 Å². The molecule has 0 aliphatic rings. The van der Waals surface area contributed by atoms with Gasteiger partial charge in [-0.05, 0) is 47.0 Å². The molecule has 1 amide bonds. The Balaban J connectivity index is 3.06. The highest BCUT2D eigenvalue weighted by Crippen LogP contribution is 2.29. The molecule has 1 rings (SSSR count). The van der Waals surface area contributed by atoms with E-state index in [1.807, 2.05) is 0 Å². The van der Waals surface area contributed by atoms with Gasteiger partial charge >= 0.3 is 0 Å². The van der Waals surface area contributed by atoms with Crippen molar-refractivity contribution in [2.24, 2.45) is 16.3 Å². The molecule has 0 saturated heterocycles. The lowest BCUT2D eigenvalue weighted by molar-refractivity contribution is -0.122. The lowest BCUT2D eigenvalue weighted by Crippen LogP contribution is -2.46. The summed E-state index contributed by atoms with van der Waals surface area (Å²) >= 11 is 3.05. The van der Waals surface area contributed by atoms with Crippen molar-refractivity contribution in [2.75, 3.05) is 5.32 Å². The molecule has 7 heteroatoms. The van der Waals surface area contributed by atoms with Gasteiger partial charge in [-0.3, -0.25) is 4.79 Å². The molecule has 1 aromatic rings. The first-order valence-corrected chi connectivity index (χ1v) is 6.95. The zero-order valence-electron chi connectivity index (χ0n) is 11.3. The monoisotopic (exact) mass is 345 g/mol. The normalized spacial score (nSPS) is 12.3. The van der Waals surface area contributed by atoms with E-state index in [1.165, 1.54) is 18.2 Å². The van der Waals surface area contributed by atoms with E-state index >= 15 is 0 Å². The third-order valence-electron chi connectivity index (χ3n) is 3.42. The van der Waals surface area contributed by atoms with Crippen molar-refractivity contribution in [3.05, 3.63) is 28.5 Å². The standard InChI is InChI=1S/C13H17BrFN3O2/c1-3-13(4-2,11(16)18-20)12(19)17-8-5-6-10(15)9(14)7-8/h5-7,20H,3-4H2,1-2H3,(H2,16,18)(H,17,19). The van der Waals surface area contributed by atoms with Crippen LogP contribution < -0.4 is 11.1 Å². The minimum absolute atomic E-state index is 0.138. The number of anilines is 1. The van der Waals surface area contributed by atoms with Gasteiger partial charge in [-0.15, -0.1) is 0 Å². The summed E-state index contributed by atoms with van der Waals surface area (Å²) in [5, 5.41) is 14.5. The second-order valence-electron chi connectivity index (χ2n) is 4.36. The number of amides is 1. The van der Waals surface area contributed by atoms with Gasteiger partial charge in [0.15, 0.2) is 5.84 Å². The third kappa shape index (κ3) is 3.09. The van der Waals surface area contributed by atoms with Gasteiger partial charge in [0.2, 0.25) is 5.91 Å². The van der Waals surface area contributed by atoms with Crippen molar-refractivity contribution in [2.45, 2.75) is 26.7 Å². The fourth-order valence-corrected chi connectivity index (χ4v) is 2.35. The number of carbonyl (C=O) groups excluding carboxylic acids is 1. The maximum Gasteiger partial charge on any atom is 0.238 e. The Morgan fingerprint density at radius 2 is 2.10 bits per heavy atom. The van der Waals surface area contributed by atoms with Crippen LogP contribution in [-0.4, -0.2) is 17.0 Å². The number of amidine groups is 1. The fourth-order valence-electron chi connectivity index (χ4n) is 1.97. The van der Waals surface area contributed by atoms with Crippen LogP contribution in [-0.2, 0) is 4.79 Å². The number of carbonyl (C=O) groups is 1. The summed E-state index contributed by atoms with van der Waals surface area (Å²) in [7, 11) is 0. The highest BCUT2D eigenvalue weighted by molar-refractivity contribution is 9.10. The molecule has 1 aromatic carbocycles. The van der Waals surface area contributed by atoms with Crippen LogP contribution in [0, 0.1) is 11.2 Å². The lowest BCUT2D eigenvalue weighted by Gasteiger charge is -2.28. The van der Waals surface area contributed by atoms with E-state index in [-0.39, 0.29) is 10.3 Å². The van der Waals surface area contributed by atoms with Gasteiger partial charge in [0, 0.05) is 5.69 Å². The Bertz CT molecular complexity index is 530. The van der Waals surface area contributed by atoms with E-state index in [4.69, 9.17) is 10.9 Å². The summed E-state index contributed by atoms with van der Waals surface area (Å²) < 4.78 is 13.4. The van der Waals surface area contributed by atoms with Crippen LogP contribution in [0.3, 0.4) is 0 Å². The van der Waals surface area contributed by atoms with E-state index in [0.717, 1.165) is 0 Å². The summed E-state index contributed by atoms with van der Waals surface area (Å²) in [5.41, 5.74) is 4.99. The van der Waals surface area contributed by atoms with Crippen molar-refractivity contribution in [3.63, 3.8) is 0 Å². The predicted octanol–water partition coefficient (Wildman–Crippen LogP) is 3.08. The van der Waals surface area contributed by atoms with Crippen LogP contribution in [0.15, 0.2) is 27.8 Å². The third-order valence-corrected chi connectivity index (χ3v) is 4.02. The van der Waals surface area contributed by atoms with Crippen LogP contribution >= 0.6 is 15.9 Å². The molecule has 0 heterocycles. The molecule has 4 N–H and O–H groups in total. The minimum Gasteiger partial charge on any atom is -0.409 e. The minimum atomic E-state index is -1.09. The second kappa shape index (κ2) is 6.69. The first-order valence-electron chi connectivity index (χ1n) is 6.15. The van der Waals surface area contributed by atoms with Gasteiger partial charge < -0.3 is 16.3 Å². The summed E-state index contributed by atoms with van der Waals surface area (Å²) in [6.07, 6.45) is 0.765. The van der Waals surface area contributed by atoms with Crippen LogP contribution in [0.5, 0.6) is 0 Å². The average molecular weight is 346 g/mol. The van der Waals surface area contributed by atoms with Crippen molar-refractivity contribution < 1.29 is 14.4 Å². The maximum atomic E-state index is 13.2. The number of hydrogen-bond donors (Lipinski definition) is 3. The van der Waals surface area contributed by atoms with Crippen molar-refractivity contribution >= 4 is 33.4 Å². The zero-order chi connectivity index (χ0) is 15.3. The highest BCUT2D eigenvalue weighted by Gasteiger charge is 2.39. The molecule has 110 valence electrons. The maximum absolute atomic E-state index is 13.2. The predicted molar refractivity (Wildman–Crippen MR) is 79.2 cm³/mol. The number of hydrogen-bond acceptors (Lipinski definition) is 3. The number of nitrogens with one attached hydrogen (secondary N) is 1. The molecule has 0 unspecified atom stereocenters. The molecular weight excluding hydrogens is 329 g/mol. The topological polar surface area (TPSA) is 87.7 Å². The molecule has 0 aliphatic heterocycles. The number of nitrogens with two attached hydrogens (primary N) is 1. The van der Waals surface area contributed by atoms with Gasteiger partial charge in [-0.25, -0.2) is 4.39 Å². The van der Waals surface area contributed by atoms with Crippen LogP contribution in [0.2, 0.25) is 0 Å². The number of oxime groups is 1. The quantitative estimate of drug-likeness (QED) is 0.331. The average Bonchev–Trinajstić information content (AvgIpc) is 2.44. The Morgan fingerprint density at radius 3 is 2.55 bits per heavy atom. The van der Waals surface area contributed by atoms with Gasteiger partial charge in [0.25, 0.3) is 0 Å². The number of benzene rings is 1. The van der Waals surface area contributed by atoms with Gasteiger partial charge in [0.1, 0.15) is 11.2 Å². The van der Waals surface area contributed by atoms with Crippen molar-refractivity contribution in [1.82, 2.24) is 0 Å². The van der Waals surface area contributed by atoms with E-state index in [2.05, 4.69) is 26.4 Å². The summed E-state index contributed by atoms with van der Waals surface area (Å²) in [6, 6.07) is 4.14. The number of halogens is 2. The summed E-state index contributed by atoms with van der Waals surface area (Å²) in [4.78, 5) is 12.4. The van der Waals surface area contributed by atoms with Crippen molar-refractivity contribution in [1.29, 1.82) is 0 Å². The fraction of sp³-hybridized carbons (Fsp3) is 0.385. The highest BCUT2D eigenvalue weighted by atomic mass is 79.9. The smallest absolute Gasteiger partial charge is 0.238 e. The lowest BCUT2D eigenvalue weighted by atomic mass is 9.80. The molecule has 0 aromatic heterocycles. The Kier molecular flexibility index (Phi) is 5.50. The van der Waals surface area contributed by atoms with Gasteiger partial charge in [-0.2, -0.15) is 0 Å². The van der Waals surface area contributed by atoms with Gasteiger partial charge in [0.05, 0.1) is 4.47 Å². The summed E-state index contributed by atoms with van der Waals surface area (Å²) in [6.45, 7) is 3.56. The SMILES string of the molecule is CCC(CC)(C(=O)Nc1ccc(F)c(Br)c1)/C(N)=N/O. The molecule has 0 radical (unpaired) electrons. The van der Waals surface area contributed by atoms with E-state index < -0.39 is 17.1 Å². The largest absolute Gasteiger partial charge is 0.409 e. The molecule has 0 bridgehead atoms. The van der Waals surface area contributed by atoms with Crippen molar-refractivity contribution in [3.8, 4) is 0 Å². The molecule has 5 nitrogen and oxygen atoms in total. The Morgan fingerprint density at radius 1 is 1.50 bits per heavy atom. The molecule has 0 aliphatic carbocycles. The molecule has 0 atom stereocenters. The van der Waals surface area contributed by atoms with Crippen LogP contribution in [0.1, 0.15) is 26.7 Å². The number of nitrogens with zero attached hydrogens (tertiary/aromatic N) is 1. The van der Waals surface area contributed by atoms with E-state index in [9.17, 15) is 9.18 Å². The summed E-state index contributed by atoms with van der Waals surface area (Å²) in [5.74, 6) is -0.950. The number of rotatable bonds is 5. The van der Waals surface area contributed by atoms with Gasteiger partial charge in [-0.1, -0.05) is 19.0 Å². The Labute approximate surface area is 125 Å². The molecule has 20 heavy (non-hydrogen) atoms. The van der Waals surface area contributed by atoms with Crippen LogP contribution in [0.25, 0.3) is 0 Å². The first kappa shape index (κ1) is 16.4. The first-order chi connectivity index (χ1) is 9.41. The zero-order valence-corrected chi connectivity index (χ0v) is 12.9. The molecule has 0 saturated carbocycles. The van der Waals surface area contributed by atoms with E-state index in [0.29, 0.717) is 18.5 Å². The second-order valence-corrected chi connectivity index (χ2v) is 5.21. The molecule has 0 fully saturated rings. The Hall–Kier alpha value is -1.63. The van der Waals surface area contributed by atoms with E-state index in [1.54, 1.807) is 13.8 Å².